The lowest BCUT2D eigenvalue weighted by molar-refractivity contribution is 0.0920. The Kier molecular flexibility index (Phi) is 4.26. The molecule has 6 heteroatoms. The Bertz CT molecular complexity index is 510. The Labute approximate surface area is 125 Å². The maximum atomic E-state index is 12.5. The van der Waals surface area contributed by atoms with Crippen molar-refractivity contribution in [2.24, 2.45) is 5.92 Å². The fourth-order valence-electron chi connectivity index (χ4n) is 2.89. The van der Waals surface area contributed by atoms with E-state index in [1.807, 2.05) is 6.92 Å². The highest BCUT2D eigenvalue weighted by atomic mass is 16.5. The van der Waals surface area contributed by atoms with Crippen LogP contribution >= 0.6 is 0 Å². The van der Waals surface area contributed by atoms with Gasteiger partial charge in [0.1, 0.15) is 0 Å². The van der Waals surface area contributed by atoms with Gasteiger partial charge in [-0.2, -0.15) is 5.10 Å². The molecule has 1 aromatic rings. The molecule has 6 nitrogen and oxygen atoms in total. The van der Waals surface area contributed by atoms with Crippen LogP contribution in [-0.4, -0.2) is 60.9 Å². The van der Waals surface area contributed by atoms with E-state index in [0.717, 1.165) is 49.5 Å². The number of nitrogens with one attached hydrogen (secondary N) is 2. The highest BCUT2D eigenvalue weighted by Gasteiger charge is 2.32. The number of aromatic amines is 1. The average molecular weight is 292 g/mol. The second-order valence-electron chi connectivity index (χ2n) is 6.30. The first-order chi connectivity index (χ1) is 10.1. The number of amides is 1. The van der Waals surface area contributed by atoms with E-state index in [4.69, 9.17) is 4.74 Å². The number of likely N-dealkylation sites (N-methyl/N-ethyl adjacent to an activating group) is 1. The number of nitrogens with zero attached hydrogens (tertiary/aromatic N) is 2. The van der Waals surface area contributed by atoms with Crippen molar-refractivity contribution in [2.45, 2.75) is 25.7 Å². The number of rotatable bonds is 4. The quantitative estimate of drug-likeness (QED) is 0.865. The van der Waals surface area contributed by atoms with Crippen LogP contribution in [0.2, 0.25) is 0 Å². The molecule has 21 heavy (non-hydrogen) atoms. The lowest BCUT2D eigenvalue weighted by Crippen LogP contribution is -2.36. The lowest BCUT2D eigenvalue weighted by Gasteiger charge is -2.19. The van der Waals surface area contributed by atoms with E-state index in [0.29, 0.717) is 25.0 Å². The van der Waals surface area contributed by atoms with Crippen LogP contribution in [0.4, 0.5) is 0 Å². The number of hydrogen-bond acceptors (Lipinski definition) is 4. The van der Waals surface area contributed by atoms with Crippen molar-refractivity contribution in [2.75, 3.05) is 39.9 Å². The summed E-state index contributed by atoms with van der Waals surface area (Å²) in [6.45, 7) is 5.96. The van der Waals surface area contributed by atoms with Crippen molar-refractivity contribution >= 4 is 5.91 Å². The zero-order chi connectivity index (χ0) is 14.8. The van der Waals surface area contributed by atoms with E-state index < -0.39 is 0 Å². The Morgan fingerprint density at radius 3 is 3.10 bits per heavy atom. The molecule has 1 saturated heterocycles. The topological polar surface area (TPSA) is 70.2 Å². The first-order valence-electron chi connectivity index (χ1n) is 7.74. The first-order valence-corrected chi connectivity index (χ1v) is 7.74. The fraction of sp³-hybridized carbons (Fsp3) is 0.733. The molecule has 1 aliphatic heterocycles. The number of ether oxygens (including phenoxy) is 1. The Morgan fingerprint density at radius 2 is 2.33 bits per heavy atom. The van der Waals surface area contributed by atoms with Crippen molar-refractivity contribution in [1.29, 1.82) is 0 Å². The maximum absolute atomic E-state index is 12.5. The van der Waals surface area contributed by atoms with Gasteiger partial charge in [0, 0.05) is 37.2 Å². The summed E-state index contributed by atoms with van der Waals surface area (Å²) >= 11 is 0. The Balaban J connectivity index is 1.60. The Hall–Kier alpha value is -1.40. The van der Waals surface area contributed by atoms with E-state index in [-0.39, 0.29) is 5.91 Å². The maximum Gasteiger partial charge on any atom is 0.255 e. The monoisotopic (exact) mass is 292 g/mol. The van der Waals surface area contributed by atoms with Gasteiger partial charge >= 0.3 is 0 Å². The number of hydrogen-bond donors (Lipinski definition) is 2. The van der Waals surface area contributed by atoms with Crippen LogP contribution in [0, 0.1) is 12.8 Å². The second kappa shape index (κ2) is 6.15. The second-order valence-corrected chi connectivity index (χ2v) is 6.30. The molecule has 116 valence electrons. The molecular weight excluding hydrogens is 268 g/mol. The van der Waals surface area contributed by atoms with Crippen molar-refractivity contribution in [3.63, 3.8) is 0 Å². The number of carbonyl (C=O) groups is 1. The van der Waals surface area contributed by atoms with Crippen LogP contribution in [0.15, 0.2) is 0 Å². The molecule has 1 aromatic heterocycles. The van der Waals surface area contributed by atoms with Crippen LogP contribution in [0.3, 0.4) is 0 Å². The van der Waals surface area contributed by atoms with Crippen molar-refractivity contribution in [3.05, 3.63) is 17.0 Å². The minimum absolute atomic E-state index is 0.00458. The summed E-state index contributed by atoms with van der Waals surface area (Å²) in [7, 11) is 2.09. The van der Waals surface area contributed by atoms with Gasteiger partial charge in [-0.1, -0.05) is 0 Å². The SMILES string of the molecule is Cc1[nH]nc(C2CC2)c1C(=O)NC[C@H]1COCCN(C)C1. The number of aromatic nitrogens is 2. The van der Waals surface area contributed by atoms with E-state index in [1.54, 1.807) is 0 Å². The molecule has 0 bridgehead atoms. The summed E-state index contributed by atoms with van der Waals surface area (Å²) in [5, 5.41) is 10.3. The standard InChI is InChI=1S/C15H24N4O2/c1-10-13(14(18-17-10)12-3-4-12)15(20)16-7-11-8-19(2)5-6-21-9-11/h11-12H,3-9H2,1-2H3,(H,16,20)(H,17,18)/t11-/m1/s1. The van der Waals surface area contributed by atoms with E-state index >= 15 is 0 Å². The van der Waals surface area contributed by atoms with Gasteiger partial charge in [-0.25, -0.2) is 0 Å². The summed E-state index contributed by atoms with van der Waals surface area (Å²) in [5.74, 6) is 0.816. The summed E-state index contributed by atoms with van der Waals surface area (Å²) in [6, 6.07) is 0. The molecule has 2 heterocycles. The summed E-state index contributed by atoms with van der Waals surface area (Å²) in [5.41, 5.74) is 2.56. The zero-order valence-corrected chi connectivity index (χ0v) is 12.8. The first kappa shape index (κ1) is 14.5. The summed E-state index contributed by atoms with van der Waals surface area (Å²) < 4.78 is 5.58. The molecule has 1 amide bonds. The molecule has 2 aliphatic rings. The van der Waals surface area contributed by atoms with Crippen molar-refractivity contribution in [3.8, 4) is 0 Å². The molecule has 1 aliphatic carbocycles. The predicted octanol–water partition coefficient (Wildman–Crippen LogP) is 0.904. The molecule has 0 unspecified atom stereocenters. The average Bonchev–Trinajstić information content (AvgIpc) is 3.25. The number of carbonyl (C=O) groups excluding carboxylic acids is 1. The normalized spacial score (nSPS) is 23.8. The molecule has 3 rings (SSSR count). The third-order valence-electron chi connectivity index (χ3n) is 4.26. The van der Waals surface area contributed by atoms with Gasteiger partial charge in [0.25, 0.3) is 5.91 Å². The van der Waals surface area contributed by atoms with Crippen LogP contribution in [-0.2, 0) is 4.74 Å². The minimum atomic E-state index is -0.00458. The Morgan fingerprint density at radius 1 is 1.52 bits per heavy atom. The van der Waals surface area contributed by atoms with E-state index in [1.165, 1.54) is 0 Å². The van der Waals surface area contributed by atoms with Gasteiger partial charge in [0.2, 0.25) is 0 Å². The molecule has 1 atom stereocenters. The highest BCUT2D eigenvalue weighted by Crippen LogP contribution is 2.41. The van der Waals surface area contributed by atoms with Gasteiger partial charge in [-0.05, 0) is 26.8 Å². The molecule has 0 spiro atoms. The molecular formula is C15H24N4O2. The molecule has 1 saturated carbocycles. The van der Waals surface area contributed by atoms with Gasteiger partial charge in [0.05, 0.1) is 24.5 Å². The van der Waals surface area contributed by atoms with Crippen LogP contribution in [0.25, 0.3) is 0 Å². The van der Waals surface area contributed by atoms with Gasteiger partial charge in [0.15, 0.2) is 0 Å². The number of H-pyrrole nitrogens is 1. The fourth-order valence-corrected chi connectivity index (χ4v) is 2.89. The third kappa shape index (κ3) is 3.44. The third-order valence-corrected chi connectivity index (χ3v) is 4.26. The summed E-state index contributed by atoms with van der Waals surface area (Å²) in [4.78, 5) is 14.7. The zero-order valence-electron chi connectivity index (χ0n) is 12.8. The largest absolute Gasteiger partial charge is 0.380 e. The molecule has 0 aromatic carbocycles. The van der Waals surface area contributed by atoms with Gasteiger partial charge < -0.3 is 15.0 Å². The van der Waals surface area contributed by atoms with Crippen LogP contribution in [0.1, 0.15) is 40.5 Å². The number of aryl methyl sites for hydroxylation is 1. The molecule has 2 N–H and O–H groups in total. The van der Waals surface area contributed by atoms with E-state index in [9.17, 15) is 4.79 Å². The minimum Gasteiger partial charge on any atom is -0.380 e. The highest BCUT2D eigenvalue weighted by molar-refractivity contribution is 5.96. The van der Waals surface area contributed by atoms with Gasteiger partial charge in [-0.3, -0.25) is 9.89 Å². The van der Waals surface area contributed by atoms with Crippen molar-refractivity contribution < 1.29 is 9.53 Å². The summed E-state index contributed by atoms with van der Waals surface area (Å²) in [6.07, 6.45) is 2.29. The predicted molar refractivity (Wildman–Crippen MR) is 79.4 cm³/mol. The molecule has 0 radical (unpaired) electrons. The van der Waals surface area contributed by atoms with Crippen LogP contribution in [0.5, 0.6) is 0 Å². The van der Waals surface area contributed by atoms with Gasteiger partial charge in [-0.15, -0.1) is 0 Å². The lowest BCUT2D eigenvalue weighted by atomic mass is 10.1. The van der Waals surface area contributed by atoms with Crippen molar-refractivity contribution in [1.82, 2.24) is 20.4 Å². The van der Waals surface area contributed by atoms with E-state index in [2.05, 4.69) is 27.5 Å². The molecule has 2 fully saturated rings. The van der Waals surface area contributed by atoms with Crippen LogP contribution < -0.4 is 5.32 Å². The smallest absolute Gasteiger partial charge is 0.255 e.